The molecule has 0 aromatic heterocycles. The Balaban J connectivity index is 0.000000142. The molecule has 2 nitrogen and oxygen atoms in total. The third-order valence-corrected chi connectivity index (χ3v) is 7.70. The number of benzene rings is 7. The van der Waals surface area contributed by atoms with E-state index >= 15 is 0 Å². The van der Waals surface area contributed by atoms with E-state index in [0.717, 1.165) is 26.0 Å². The SMILES string of the molecule is Brc1ccccc1-c1cc2ccccc2c2ccccc12.OB(O)c1cc2ccccc2c2ccccc12. The summed E-state index contributed by atoms with van der Waals surface area (Å²) >= 11 is 3.68. The van der Waals surface area contributed by atoms with Crippen molar-refractivity contribution >= 4 is 71.6 Å². The molecule has 7 rings (SSSR count). The molecular weight excluding hydrogens is 531 g/mol. The molecule has 0 spiro atoms. The van der Waals surface area contributed by atoms with Crippen LogP contribution < -0.4 is 5.46 Å². The first-order valence-electron chi connectivity index (χ1n) is 12.5. The van der Waals surface area contributed by atoms with Crippen LogP contribution in [0, 0.1) is 0 Å². The van der Waals surface area contributed by atoms with Crippen LogP contribution in [0.5, 0.6) is 0 Å². The van der Waals surface area contributed by atoms with E-state index in [1.54, 1.807) is 0 Å². The summed E-state index contributed by atoms with van der Waals surface area (Å²) in [6.07, 6.45) is 0. The Bertz CT molecular complexity index is 1930. The lowest BCUT2D eigenvalue weighted by atomic mass is 9.76. The van der Waals surface area contributed by atoms with Crippen LogP contribution in [0.25, 0.3) is 54.2 Å². The van der Waals surface area contributed by atoms with Crippen molar-refractivity contribution in [3.8, 4) is 11.1 Å². The smallest absolute Gasteiger partial charge is 0.423 e. The lowest BCUT2D eigenvalue weighted by Gasteiger charge is -2.12. The summed E-state index contributed by atoms with van der Waals surface area (Å²) in [7, 11) is -1.44. The summed E-state index contributed by atoms with van der Waals surface area (Å²) in [5.74, 6) is 0. The zero-order chi connectivity index (χ0) is 26.1. The minimum Gasteiger partial charge on any atom is -0.423 e. The van der Waals surface area contributed by atoms with Gasteiger partial charge in [0.1, 0.15) is 0 Å². The fourth-order valence-corrected chi connectivity index (χ4v) is 5.75. The van der Waals surface area contributed by atoms with Crippen molar-refractivity contribution in [2.24, 2.45) is 0 Å². The molecular formula is C34H24BBrO2. The number of hydrogen-bond donors (Lipinski definition) is 2. The second-order valence-electron chi connectivity index (χ2n) is 9.28. The van der Waals surface area contributed by atoms with Crippen molar-refractivity contribution in [3.63, 3.8) is 0 Å². The quantitative estimate of drug-likeness (QED) is 0.167. The largest absolute Gasteiger partial charge is 0.489 e. The van der Waals surface area contributed by atoms with Crippen LogP contribution in [0.4, 0.5) is 0 Å². The average molecular weight is 555 g/mol. The topological polar surface area (TPSA) is 40.5 Å². The van der Waals surface area contributed by atoms with Crippen molar-refractivity contribution in [1.29, 1.82) is 0 Å². The Morgan fingerprint density at radius 1 is 0.421 bits per heavy atom. The maximum atomic E-state index is 9.44. The minimum atomic E-state index is -1.44. The van der Waals surface area contributed by atoms with E-state index in [-0.39, 0.29) is 0 Å². The molecule has 0 fully saturated rings. The van der Waals surface area contributed by atoms with E-state index < -0.39 is 7.12 Å². The van der Waals surface area contributed by atoms with Crippen molar-refractivity contribution in [2.75, 3.05) is 0 Å². The van der Waals surface area contributed by atoms with E-state index in [9.17, 15) is 10.0 Å². The molecule has 2 N–H and O–H groups in total. The Labute approximate surface area is 230 Å². The van der Waals surface area contributed by atoms with Crippen LogP contribution in [0.3, 0.4) is 0 Å². The maximum Gasteiger partial charge on any atom is 0.489 e. The summed E-state index contributed by atoms with van der Waals surface area (Å²) in [4.78, 5) is 0. The van der Waals surface area contributed by atoms with Gasteiger partial charge in [0.25, 0.3) is 0 Å². The molecule has 0 atom stereocenters. The first kappa shape index (κ1) is 24.4. The normalized spacial score (nSPS) is 11.0. The van der Waals surface area contributed by atoms with Gasteiger partial charge in [0, 0.05) is 4.47 Å². The van der Waals surface area contributed by atoms with Crippen LogP contribution in [0.2, 0.25) is 0 Å². The van der Waals surface area contributed by atoms with Gasteiger partial charge in [-0.05, 0) is 71.8 Å². The molecule has 0 aliphatic rings. The molecule has 0 unspecified atom stereocenters. The first-order chi connectivity index (χ1) is 18.6. The van der Waals surface area contributed by atoms with Gasteiger partial charge in [-0.1, -0.05) is 137 Å². The lowest BCUT2D eigenvalue weighted by Crippen LogP contribution is -2.30. The van der Waals surface area contributed by atoms with Gasteiger partial charge < -0.3 is 10.0 Å². The van der Waals surface area contributed by atoms with Crippen molar-refractivity contribution in [2.45, 2.75) is 0 Å². The molecule has 4 heteroatoms. The summed E-state index contributed by atoms with van der Waals surface area (Å²) in [6.45, 7) is 0. The van der Waals surface area contributed by atoms with Crippen LogP contribution in [0.1, 0.15) is 0 Å². The van der Waals surface area contributed by atoms with Crippen molar-refractivity contribution in [3.05, 3.63) is 138 Å². The molecule has 0 aliphatic heterocycles. The van der Waals surface area contributed by atoms with E-state index in [2.05, 4.69) is 94.8 Å². The molecule has 0 bridgehead atoms. The monoisotopic (exact) mass is 554 g/mol. The van der Waals surface area contributed by atoms with Gasteiger partial charge in [0.05, 0.1) is 0 Å². The highest BCUT2D eigenvalue weighted by molar-refractivity contribution is 9.10. The van der Waals surface area contributed by atoms with Crippen LogP contribution in [-0.4, -0.2) is 17.2 Å². The number of hydrogen-bond acceptors (Lipinski definition) is 2. The molecule has 7 aromatic rings. The molecule has 0 saturated carbocycles. The molecule has 0 radical (unpaired) electrons. The summed E-state index contributed by atoms with van der Waals surface area (Å²) < 4.78 is 1.13. The zero-order valence-electron chi connectivity index (χ0n) is 20.6. The Hall–Kier alpha value is -3.96. The molecule has 38 heavy (non-hydrogen) atoms. The van der Waals surface area contributed by atoms with Gasteiger partial charge in [0.2, 0.25) is 0 Å². The Morgan fingerprint density at radius 2 is 0.868 bits per heavy atom. The van der Waals surface area contributed by atoms with E-state index in [4.69, 9.17) is 0 Å². The van der Waals surface area contributed by atoms with E-state index in [1.807, 2.05) is 54.6 Å². The van der Waals surface area contributed by atoms with Crippen LogP contribution in [-0.2, 0) is 0 Å². The molecule has 0 aliphatic carbocycles. The van der Waals surface area contributed by atoms with Gasteiger partial charge in [-0.3, -0.25) is 0 Å². The highest BCUT2D eigenvalue weighted by atomic mass is 79.9. The number of fused-ring (bicyclic) bond motifs is 6. The second-order valence-corrected chi connectivity index (χ2v) is 10.1. The van der Waals surface area contributed by atoms with Gasteiger partial charge in [0.15, 0.2) is 0 Å². The molecule has 182 valence electrons. The van der Waals surface area contributed by atoms with Crippen molar-refractivity contribution < 1.29 is 10.0 Å². The molecule has 0 saturated heterocycles. The van der Waals surface area contributed by atoms with Crippen LogP contribution in [0.15, 0.2) is 138 Å². The second kappa shape index (κ2) is 10.4. The van der Waals surface area contributed by atoms with E-state index in [1.165, 1.54) is 32.7 Å². The van der Waals surface area contributed by atoms with Crippen molar-refractivity contribution in [1.82, 2.24) is 0 Å². The van der Waals surface area contributed by atoms with Gasteiger partial charge in [-0.2, -0.15) is 0 Å². The summed E-state index contributed by atoms with van der Waals surface area (Å²) in [5, 5.41) is 28.2. The minimum absolute atomic E-state index is 0.555. The third kappa shape index (κ3) is 4.48. The molecule has 7 aromatic carbocycles. The van der Waals surface area contributed by atoms with Gasteiger partial charge >= 0.3 is 7.12 Å². The van der Waals surface area contributed by atoms with Gasteiger partial charge in [-0.15, -0.1) is 0 Å². The van der Waals surface area contributed by atoms with Crippen LogP contribution >= 0.6 is 15.9 Å². The zero-order valence-corrected chi connectivity index (χ0v) is 22.1. The third-order valence-electron chi connectivity index (χ3n) is 7.01. The fourth-order valence-electron chi connectivity index (χ4n) is 5.25. The molecule has 0 amide bonds. The summed E-state index contributed by atoms with van der Waals surface area (Å²) in [5.41, 5.74) is 3.07. The average Bonchev–Trinajstić information content (AvgIpc) is 2.97. The Kier molecular flexibility index (Phi) is 6.69. The highest BCUT2D eigenvalue weighted by Gasteiger charge is 2.16. The standard InChI is InChI=1S/C20H13Br.C14H11BO2/c21-20-12-6-5-11-18(20)19-13-14-7-1-2-8-15(14)16-9-3-4-10-17(16)19;16-15(17)14-9-10-5-1-2-6-11(10)12-7-3-4-8-13(12)14/h1-13H;1-9,16-17H. The predicted octanol–water partition coefficient (Wildman–Crippen LogP) is 8.10. The highest BCUT2D eigenvalue weighted by Crippen LogP contribution is 2.37. The lowest BCUT2D eigenvalue weighted by molar-refractivity contribution is 0.426. The number of halogens is 1. The maximum absolute atomic E-state index is 9.44. The fraction of sp³-hybridized carbons (Fsp3) is 0. The van der Waals surface area contributed by atoms with Gasteiger partial charge in [-0.25, -0.2) is 0 Å². The summed E-state index contributed by atoms with van der Waals surface area (Å²) in [6, 6.07) is 45.5. The number of rotatable bonds is 2. The molecule has 0 heterocycles. The first-order valence-corrected chi connectivity index (χ1v) is 13.3. The Morgan fingerprint density at radius 3 is 1.47 bits per heavy atom. The predicted molar refractivity (Wildman–Crippen MR) is 166 cm³/mol. The van der Waals surface area contributed by atoms with E-state index in [0.29, 0.717) is 5.46 Å².